The summed E-state index contributed by atoms with van der Waals surface area (Å²) in [5.74, 6) is 0.538. The van der Waals surface area contributed by atoms with Gasteiger partial charge in [0.25, 0.3) is 11.5 Å². The predicted molar refractivity (Wildman–Crippen MR) is 131 cm³/mol. The minimum atomic E-state index is -0.558. The van der Waals surface area contributed by atoms with Crippen molar-refractivity contribution in [3.05, 3.63) is 86.5 Å². The lowest BCUT2D eigenvalue weighted by Crippen LogP contribution is -2.30. The van der Waals surface area contributed by atoms with Gasteiger partial charge in [-0.2, -0.15) is 5.10 Å². The second kappa shape index (κ2) is 7.76. The molecule has 2 fully saturated rings. The number of nitrogens with one attached hydrogen (secondary N) is 2. The van der Waals surface area contributed by atoms with Crippen LogP contribution in [0.5, 0.6) is 0 Å². The molecule has 1 aromatic carbocycles. The Morgan fingerprint density at radius 1 is 1.17 bits per heavy atom. The number of nitrogens with zero attached hydrogens (tertiary/aromatic N) is 4. The van der Waals surface area contributed by atoms with E-state index in [1.54, 1.807) is 16.9 Å². The quantitative estimate of drug-likeness (QED) is 0.476. The lowest BCUT2D eigenvalue weighted by molar-refractivity contribution is 0.0778. The molecule has 1 amide bonds. The van der Waals surface area contributed by atoms with Gasteiger partial charge in [-0.25, -0.2) is 14.3 Å². The van der Waals surface area contributed by atoms with Crippen molar-refractivity contribution in [3.63, 3.8) is 0 Å². The molecular formula is C26H26N6O3. The highest BCUT2D eigenvalue weighted by molar-refractivity contribution is 5.94. The number of carbonyl (C=O) groups excluding carboxylic acids is 1. The molecule has 0 unspecified atom stereocenters. The zero-order valence-electron chi connectivity index (χ0n) is 19.6. The Morgan fingerprint density at radius 2 is 2.03 bits per heavy atom. The Labute approximate surface area is 200 Å². The van der Waals surface area contributed by atoms with Crippen LogP contribution in [0, 0.1) is 5.41 Å². The Morgan fingerprint density at radius 3 is 2.80 bits per heavy atom. The average molecular weight is 471 g/mol. The van der Waals surface area contributed by atoms with Gasteiger partial charge in [0.2, 0.25) is 0 Å². The summed E-state index contributed by atoms with van der Waals surface area (Å²) in [7, 11) is 0. The van der Waals surface area contributed by atoms with Gasteiger partial charge in [0.15, 0.2) is 5.65 Å². The number of hydrogen-bond acceptors (Lipinski definition) is 5. The molecular weight excluding hydrogens is 444 g/mol. The van der Waals surface area contributed by atoms with E-state index in [4.69, 9.17) is 0 Å². The standard InChI is InChI=1S/C26H26N6O3/c1-26(2)6-8-31(14-26)24(34)16-5-3-4-15(10-16)17-11-18(17)19-12-21(30-32-9-7-27-22(19)32)20-13-28-25(35)29-23(20)33/h3-5,7,9-10,12-13,17-18H,6,8,11,14H2,1-2H3,(H2,28,29,33,35)/t17-,18+/m1/s1. The largest absolute Gasteiger partial charge is 0.338 e. The summed E-state index contributed by atoms with van der Waals surface area (Å²) in [5.41, 5.74) is 3.47. The third kappa shape index (κ3) is 3.86. The molecule has 2 atom stereocenters. The minimum absolute atomic E-state index is 0.0914. The number of hydrogen-bond donors (Lipinski definition) is 2. The molecule has 4 aromatic rings. The van der Waals surface area contributed by atoms with Gasteiger partial charge in [0.1, 0.15) is 0 Å². The molecule has 2 N–H and O–H groups in total. The van der Waals surface area contributed by atoms with Crippen molar-refractivity contribution in [1.82, 2.24) is 29.5 Å². The van der Waals surface area contributed by atoms with E-state index in [-0.39, 0.29) is 23.2 Å². The summed E-state index contributed by atoms with van der Waals surface area (Å²) in [5, 5.41) is 4.52. The number of rotatable bonds is 4. The van der Waals surface area contributed by atoms with E-state index in [1.165, 1.54) is 6.20 Å². The van der Waals surface area contributed by atoms with Crippen LogP contribution in [0.4, 0.5) is 0 Å². The third-order valence-electron chi connectivity index (χ3n) is 7.20. The Balaban J connectivity index is 1.31. The van der Waals surface area contributed by atoms with Crippen LogP contribution in [0.2, 0.25) is 0 Å². The molecule has 9 nitrogen and oxygen atoms in total. The summed E-state index contributed by atoms with van der Waals surface area (Å²) < 4.78 is 1.67. The maximum absolute atomic E-state index is 13.1. The fourth-order valence-electron chi connectivity index (χ4n) is 5.22. The Hall–Kier alpha value is -4.01. The summed E-state index contributed by atoms with van der Waals surface area (Å²) >= 11 is 0. The summed E-state index contributed by atoms with van der Waals surface area (Å²) in [6.07, 6.45) is 6.75. The molecule has 6 rings (SSSR count). The van der Waals surface area contributed by atoms with Crippen molar-refractivity contribution in [1.29, 1.82) is 0 Å². The summed E-state index contributed by atoms with van der Waals surface area (Å²) in [4.78, 5) is 48.2. The van der Waals surface area contributed by atoms with Gasteiger partial charge < -0.3 is 9.88 Å². The van der Waals surface area contributed by atoms with Crippen molar-refractivity contribution in [2.24, 2.45) is 5.41 Å². The van der Waals surface area contributed by atoms with E-state index in [0.29, 0.717) is 11.3 Å². The van der Waals surface area contributed by atoms with Crippen molar-refractivity contribution >= 4 is 11.6 Å². The molecule has 1 aliphatic carbocycles. The van der Waals surface area contributed by atoms with Gasteiger partial charge in [-0.15, -0.1) is 0 Å². The molecule has 1 saturated carbocycles. The van der Waals surface area contributed by atoms with Crippen molar-refractivity contribution in [3.8, 4) is 11.3 Å². The number of aromatic amines is 2. The highest BCUT2D eigenvalue weighted by Gasteiger charge is 2.42. The third-order valence-corrected chi connectivity index (χ3v) is 7.20. The molecule has 178 valence electrons. The zero-order chi connectivity index (χ0) is 24.3. The highest BCUT2D eigenvalue weighted by Crippen LogP contribution is 2.55. The van der Waals surface area contributed by atoms with Crippen LogP contribution in [0.3, 0.4) is 0 Å². The van der Waals surface area contributed by atoms with Gasteiger partial charge >= 0.3 is 5.69 Å². The zero-order valence-corrected chi connectivity index (χ0v) is 19.6. The van der Waals surface area contributed by atoms with E-state index in [9.17, 15) is 14.4 Å². The average Bonchev–Trinajstić information content (AvgIpc) is 3.33. The van der Waals surface area contributed by atoms with Gasteiger partial charge in [0, 0.05) is 42.8 Å². The topological polar surface area (TPSA) is 116 Å². The van der Waals surface area contributed by atoms with Crippen molar-refractivity contribution in [2.75, 3.05) is 13.1 Å². The summed E-state index contributed by atoms with van der Waals surface area (Å²) in [6.45, 7) is 5.98. The van der Waals surface area contributed by atoms with Crippen LogP contribution in [0.25, 0.3) is 16.9 Å². The minimum Gasteiger partial charge on any atom is -0.338 e. The molecule has 1 aliphatic heterocycles. The van der Waals surface area contributed by atoms with E-state index in [2.05, 4.69) is 40.0 Å². The fraction of sp³-hybridized carbons (Fsp3) is 0.346. The highest BCUT2D eigenvalue weighted by atomic mass is 16.2. The number of aromatic nitrogens is 5. The molecule has 35 heavy (non-hydrogen) atoms. The monoisotopic (exact) mass is 470 g/mol. The molecule has 3 aromatic heterocycles. The lowest BCUT2D eigenvalue weighted by Gasteiger charge is -2.20. The van der Waals surface area contributed by atoms with Crippen LogP contribution in [0.1, 0.15) is 60.0 Å². The van der Waals surface area contributed by atoms with Gasteiger partial charge in [-0.1, -0.05) is 26.0 Å². The van der Waals surface area contributed by atoms with Gasteiger partial charge in [0.05, 0.1) is 11.3 Å². The Kier molecular flexibility index (Phi) is 4.77. The van der Waals surface area contributed by atoms with Gasteiger partial charge in [-0.3, -0.25) is 14.6 Å². The molecule has 2 aliphatic rings. The predicted octanol–water partition coefficient (Wildman–Crippen LogP) is 2.92. The van der Waals surface area contributed by atoms with Crippen LogP contribution in [-0.2, 0) is 0 Å². The smallest absolute Gasteiger partial charge is 0.325 e. The SMILES string of the molecule is CC1(C)CCN(C(=O)c2cccc([C@H]3C[C@@H]3c3cc(-c4c[nH]c(=O)[nH]c4=O)nn4ccnc34)c2)C1. The molecule has 0 spiro atoms. The van der Waals surface area contributed by atoms with Crippen LogP contribution < -0.4 is 11.2 Å². The van der Waals surface area contributed by atoms with E-state index in [0.717, 1.165) is 48.3 Å². The fourth-order valence-corrected chi connectivity index (χ4v) is 5.22. The number of likely N-dealkylation sites (tertiary alicyclic amines) is 1. The van der Waals surface area contributed by atoms with Crippen LogP contribution >= 0.6 is 0 Å². The number of imidazole rings is 1. The summed E-state index contributed by atoms with van der Waals surface area (Å²) in [6, 6.07) is 9.84. The van der Waals surface area contributed by atoms with Gasteiger partial charge in [-0.05, 0) is 53.9 Å². The maximum Gasteiger partial charge on any atom is 0.325 e. The number of carbonyl (C=O) groups is 1. The molecule has 9 heteroatoms. The number of benzene rings is 1. The van der Waals surface area contributed by atoms with E-state index in [1.807, 2.05) is 29.2 Å². The second-order valence-corrected chi connectivity index (χ2v) is 10.4. The second-order valence-electron chi connectivity index (χ2n) is 10.4. The molecule has 0 bridgehead atoms. The van der Waals surface area contributed by atoms with Crippen molar-refractivity contribution < 1.29 is 4.79 Å². The first-order valence-corrected chi connectivity index (χ1v) is 11.8. The first-order valence-electron chi connectivity index (χ1n) is 11.8. The van der Waals surface area contributed by atoms with E-state index < -0.39 is 11.2 Å². The molecule has 0 radical (unpaired) electrons. The van der Waals surface area contributed by atoms with Crippen LogP contribution in [-0.4, -0.2) is 48.5 Å². The maximum atomic E-state index is 13.1. The molecule has 4 heterocycles. The van der Waals surface area contributed by atoms with Crippen molar-refractivity contribution in [2.45, 2.75) is 38.5 Å². The normalized spacial score (nSPS) is 20.9. The lowest BCUT2D eigenvalue weighted by atomic mass is 9.93. The van der Waals surface area contributed by atoms with Crippen LogP contribution in [0.15, 0.2) is 58.5 Å². The number of H-pyrrole nitrogens is 2. The number of amides is 1. The first kappa shape index (κ1) is 21.5. The first-order chi connectivity index (χ1) is 16.8. The molecule has 1 saturated heterocycles. The Bertz CT molecular complexity index is 1580. The van der Waals surface area contributed by atoms with E-state index >= 15 is 0 Å². The number of fused-ring (bicyclic) bond motifs is 1.